The lowest BCUT2D eigenvalue weighted by Gasteiger charge is -2.35. The number of carbonyl (C=O) groups excluding carboxylic acids is 1. The van der Waals surface area contributed by atoms with Gasteiger partial charge in [-0.15, -0.1) is 35.3 Å². The third-order valence-electron chi connectivity index (χ3n) is 4.00. The molecule has 1 amide bonds. The maximum Gasteiger partial charge on any atom is 0.410 e. The molecule has 0 aliphatic carbocycles. The van der Waals surface area contributed by atoms with Crippen LogP contribution in [0.5, 0.6) is 0 Å². The molecule has 0 bridgehead atoms. The van der Waals surface area contributed by atoms with Gasteiger partial charge >= 0.3 is 6.09 Å². The van der Waals surface area contributed by atoms with Gasteiger partial charge in [-0.25, -0.2) is 9.78 Å². The molecule has 0 spiro atoms. The molecular weight excluding hydrogens is 491 g/mol. The van der Waals surface area contributed by atoms with E-state index in [0.29, 0.717) is 19.0 Å². The second-order valence-electron chi connectivity index (χ2n) is 7.85. The number of aromatic nitrogens is 1. The maximum atomic E-state index is 12.3. The van der Waals surface area contributed by atoms with Crippen molar-refractivity contribution < 1.29 is 9.53 Å². The summed E-state index contributed by atoms with van der Waals surface area (Å²) < 4.78 is 5.49. The van der Waals surface area contributed by atoms with Crippen LogP contribution in [0.15, 0.2) is 10.4 Å². The van der Waals surface area contributed by atoms with Crippen molar-refractivity contribution in [3.63, 3.8) is 0 Å². The van der Waals surface area contributed by atoms with Gasteiger partial charge in [-0.05, 0) is 33.6 Å². The number of aliphatic imine (C=N–C) groups is 1. The first-order chi connectivity index (χ1) is 12.7. The van der Waals surface area contributed by atoms with E-state index < -0.39 is 5.60 Å². The fraction of sp³-hybridized carbons (Fsp3) is 0.722. The lowest BCUT2D eigenvalue weighted by molar-refractivity contribution is 0.0193. The molecule has 1 aliphatic rings. The number of nitrogens with zero attached hydrogens (tertiary/aromatic N) is 4. The SMILES string of the molecule is CN=C(NCc1csc(N(C)C)n1)NC1CCCN(C(=O)OC(C)(C)C)C1.I. The summed E-state index contributed by atoms with van der Waals surface area (Å²) in [5.74, 6) is 0.713. The second-order valence-corrected chi connectivity index (χ2v) is 8.69. The standard InChI is InChI=1S/C18H32N6O2S.HI/c1-18(2,3)26-17(25)24-9-7-8-13(11-24)21-15(19-4)20-10-14-12-27-16(22-14)23(5)6;/h12-13H,7-11H2,1-6H3,(H2,19,20,21);1H. The molecule has 0 saturated carbocycles. The van der Waals surface area contributed by atoms with Crippen molar-refractivity contribution in [2.24, 2.45) is 4.99 Å². The maximum absolute atomic E-state index is 12.3. The number of guanidine groups is 1. The molecule has 1 saturated heterocycles. The van der Waals surface area contributed by atoms with Crippen LogP contribution in [0.1, 0.15) is 39.3 Å². The molecule has 1 unspecified atom stereocenters. The highest BCUT2D eigenvalue weighted by Gasteiger charge is 2.28. The average molecular weight is 524 g/mol. The van der Waals surface area contributed by atoms with Gasteiger partial charge in [0.25, 0.3) is 0 Å². The topological polar surface area (TPSA) is 82.1 Å². The van der Waals surface area contributed by atoms with Gasteiger partial charge in [-0.2, -0.15) is 0 Å². The van der Waals surface area contributed by atoms with E-state index in [-0.39, 0.29) is 36.1 Å². The molecule has 8 nitrogen and oxygen atoms in total. The fourth-order valence-electron chi connectivity index (χ4n) is 2.73. The largest absolute Gasteiger partial charge is 0.444 e. The number of carbonyl (C=O) groups is 1. The number of ether oxygens (including phenoxy) is 1. The predicted octanol–water partition coefficient (Wildman–Crippen LogP) is 2.89. The number of halogens is 1. The molecular formula is C18H33IN6O2S. The van der Waals surface area contributed by atoms with Gasteiger partial charge in [0.15, 0.2) is 11.1 Å². The van der Waals surface area contributed by atoms with Gasteiger partial charge in [0, 0.05) is 45.7 Å². The molecule has 10 heteroatoms. The first kappa shape index (κ1) is 24.7. The minimum atomic E-state index is -0.478. The number of anilines is 1. The molecule has 1 atom stereocenters. The van der Waals surface area contributed by atoms with Crippen molar-refractivity contribution >= 4 is 52.5 Å². The fourth-order valence-corrected chi connectivity index (χ4v) is 3.49. The Hall–Kier alpha value is -1.30. The summed E-state index contributed by atoms with van der Waals surface area (Å²) in [6, 6.07) is 0.144. The molecule has 1 aromatic heterocycles. The van der Waals surface area contributed by atoms with Gasteiger partial charge in [-0.3, -0.25) is 4.99 Å². The highest BCUT2D eigenvalue weighted by Crippen LogP contribution is 2.18. The average Bonchev–Trinajstić information content (AvgIpc) is 3.06. The van der Waals surface area contributed by atoms with Crippen LogP contribution in [-0.4, -0.2) is 67.8 Å². The lowest BCUT2D eigenvalue weighted by atomic mass is 10.1. The van der Waals surface area contributed by atoms with Gasteiger partial charge in [0.2, 0.25) is 0 Å². The zero-order valence-electron chi connectivity index (χ0n) is 17.6. The van der Waals surface area contributed by atoms with Crippen molar-refractivity contribution in [3.8, 4) is 0 Å². The molecule has 1 aromatic rings. The van der Waals surface area contributed by atoms with E-state index in [9.17, 15) is 4.79 Å². The van der Waals surface area contributed by atoms with Crippen LogP contribution in [0.3, 0.4) is 0 Å². The van der Waals surface area contributed by atoms with Crippen LogP contribution < -0.4 is 15.5 Å². The van der Waals surface area contributed by atoms with Crippen LogP contribution in [0.4, 0.5) is 9.93 Å². The molecule has 1 fully saturated rings. The first-order valence-electron chi connectivity index (χ1n) is 9.25. The Balaban J connectivity index is 0.00000392. The van der Waals surface area contributed by atoms with Gasteiger partial charge in [-0.1, -0.05) is 0 Å². The van der Waals surface area contributed by atoms with E-state index in [0.717, 1.165) is 30.2 Å². The number of amides is 1. The van der Waals surface area contributed by atoms with Crippen LogP contribution in [0, 0.1) is 0 Å². The number of rotatable bonds is 4. The smallest absolute Gasteiger partial charge is 0.410 e. The van der Waals surface area contributed by atoms with Crippen molar-refractivity contribution in [1.29, 1.82) is 0 Å². The molecule has 160 valence electrons. The van der Waals surface area contributed by atoms with Gasteiger partial charge in [0.05, 0.1) is 12.2 Å². The quantitative estimate of drug-likeness (QED) is 0.358. The number of nitrogens with one attached hydrogen (secondary N) is 2. The van der Waals surface area contributed by atoms with Gasteiger partial charge in [0.1, 0.15) is 5.60 Å². The van der Waals surface area contributed by atoms with E-state index in [4.69, 9.17) is 4.74 Å². The molecule has 28 heavy (non-hydrogen) atoms. The number of likely N-dealkylation sites (tertiary alicyclic amines) is 1. The van der Waals surface area contributed by atoms with Crippen molar-refractivity contribution in [3.05, 3.63) is 11.1 Å². The lowest BCUT2D eigenvalue weighted by Crippen LogP contribution is -2.53. The summed E-state index contributed by atoms with van der Waals surface area (Å²) in [6.07, 6.45) is 1.67. The highest BCUT2D eigenvalue weighted by molar-refractivity contribution is 14.0. The monoisotopic (exact) mass is 524 g/mol. The predicted molar refractivity (Wildman–Crippen MR) is 126 cm³/mol. The minimum absolute atomic E-state index is 0. The van der Waals surface area contributed by atoms with Crippen molar-refractivity contribution in [1.82, 2.24) is 20.5 Å². The molecule has 2 rings (SSSR count). The van der Waals surface area contributed by atoms with Crippen LogP contribution in [-0.2, 0) is 11.3 Å². The highest BCUT2D eigenvalue weighted by atomic mass is 127. The van der Waals surface area contributed by atoms with Crippen LogP contribution in [0.25, 0.3) is 0 Å². The minimum Gasteiger partial charge on any atom is -0.444 e. The summed E-state index contributed by atoms with van der Waals surface area (Å²) in [5, 5.41) is 9.73. The Bertz CT molecular complexity index is 659. The summed E-state index contributed by atoms with van der Waals surface area (Å²) in [7, 11) is 5.71. The first-order valence-corrected chi connectivity index (χ1v) is 10.1. The number of hydrogen-bond acceptors (Lipinski definition) is 6. The van der Waals surface area contributed by atoms with Crippen LogP contribution in [0.2, 0.25) is 0 Å². The van der Waals surface area contributed by atoms with Gasteiger partial charge < -0.3 is 25.2 Å². The van der Waals surface area contributed by atoms with Crippen LogP contribution >= 0.6 is 35.3 Å². The third-order valence-corrected chi connectivity index (χ3v) is 5.05. The summed E-state index contributed by atoms with van der Waals surface area (Å²) >= 11 is 1.62. The Labute approximate surface area is 189 Å². The number of hydrogen-bond donors (Lipinski definition) is 2. The van der Waals surface area contributed by atoms with Crippen molar-refractivity contribution in [2.45, 2.75) is 51.8 Å². The third kappa shape index (κ3) is 7.98. The van der Waals surface area contributed by atoms with E-state index >= 15 is 0 Å². The molecule has 2 heterocycles. The Kier molecular flexibility index (Phi) is 9.75. The zero-order valence-corrected chi connectivity index (χ0v) is 20.8. The van der Waals surface area contributed by atoms with E-state index in [2.05, 4.69) is 20.6 Å². The van der Waals surface area contributed by atoms with Crippen molar-refractivity contribution in [2.75, 3.05) is 39.1 Å². The molecule has 1 aliphatic heterocycles. The second kappa shape index (κ2) is 11.0. The summed E-state index contributed by atoms with van der Waals surface area (Å²) in [6.45, 7) is 7.60. The Morgan fingerprint density at radius 3 is 2.75 bits per heavy atom. The normalized spacial score (nSPS) is 17.6. The zero-order chi connectivity index (χ0) is 20.0. The number of piperidine rings is 1. The number of thiazole rings is 1. The summed E-state index contributed by atoms with van der Waals surface area (Å²) in [4.78, 5) is 24.9. The summed E-state index contributed by atoms with van der Waals surface area (Å²) in [5.41, 5.74) is 0.499. The van der Waals surface area contributed by atoms with E-state index in [1.54, 1.807) is 23.3 Å². The van der Waals surface area contributed by atoms with E-state index in [1.807, 2.05) is 45.1 Å². The molecule has 0 aromatic carbocycles. The molecule has 2 N–H and O–H groups in total. The van der Waals surface area contributed by atoms with E-state index in [1.165, 1.54) is 0 Å². The Morgan fingerprint density at radius 1 is 1.46 bits per heavy atom. The molecule has 0 radical (unpaired) electrons. The Morgan fingerprint density at radius 2 is 2.18 bits per heavy atom.